The average Bonchev–Trinajstić information content (AvgIpc) is 2.25. The lowest BCUT2D eigenvalue weighted by Crippen LogP contribution is -2.36. The molecule has 1 rings (SSSR count). The van der Waals surface area contributed by atoms with Crippen LogP contribution in [0, 0.1) is 0 Å². The summed E-state index contributed by atoms with van der Waals surface area (Å²) < 4.78 is 36.9. The Hall–Kier alpha value is -0.670. The Kier molecular flexibility index (Phi) is 5.54. The minimum absolute atomic E-state index is 0.0731. The van der Waals surface area contributed by atoms with Crippen molar-refractivity contribution in [2.45, 2.75) is 6.10 Å². The number of ether oxygens (including phenoxy) is 1. The van der Waals surface area contributed by atoms with E-state index in [1.165, 1.54) is 0 Å². The summed E-state index contributed by atoms with van der Waals surface area (Å²) in [6.45, 7) is -0.316. The monoisotopic (exact) mass is 339 g/mol. The van der Waals surface area contributed by atoms with Crippen LogP contribution in [0.25, 0.3) is 0 Å². The Morgan fingerprint density at radius 1 is 1.50 bits per heavy atom. The molecule has 6 nitrogen and oxygen atoms in total. The summed E-state index contributed by atoms with van der Waals surface area (Å²) in [6.07, 6.45) is -1.03. The molecule has 0 aliphatic heterocycles. The summed E-state index contributed by atoms with van der Waals surface area (Å²) in [5.74, 6) is 0.554. The van der Waals surface area contributed by atoms with E-state index < -0.39 is 16.4 Å². The van der Waals surface area contributed by atoms with Crippen LogP contribution in [0.2, 0.25) is 0 Å². The van der Waals surface area contributed by atoms with Crippen LogP contribution in [-0.4, -0.2) is 48.7 Å². The van der Waals surface area contributed by atoms with Gasteiger partial charge in [0.1, 0.15) is 18.5 Å². The fraction of sp³-hybridized carbons (Fsp3) is 0.400. The first-order valence-corrected chi connectivity index (χ1v) is 7.23. The van der Waals surface area contributed by atoms with Gasteiger partial charge in [-0.05, 0) is 18.2 Å². The van der Waals surface area contributed by atoms with E-state index in [-0.39, 0.29) is 13.2 Å². The molecule has 102 valence electrons. The first-order valence-electron chi connectivity index (χ1n) is 5.04. The van der Waals surface area contributed by atoms with Crippen LogP contribution in [0.5, 0.6) is 5.75 Å². The molecule has 1 aromatic rings. The number of hydrogen-bond acceptors (Lipinski definition) is 4. The molecule has 0 aromatic heterocycles. The Morgan fingerprint density at radius 2 is 2.17 bits per heavy atom. The normalized spacial score (nSPS) is 13.6. The molecule has 0 bridgehead atoms. The molecule has 0 aliphatic rings. The van der Waals surface area contributed by atoms with Gasteiger partial charge in [0.25, 0.3) is 0 Å². The molecule has 1 atom stereocenters. The molecule has 0 aliphatic carbocycles. The van der Waals surface area contributed by atoms with Crippen molar-refractivity contribution in [2.24, 2.45) is 0 Å². The number of nitrogens with zero attached hydrogens (tertiary/aromatic N) is 1. The van der Waals surface area contributed by atoms with E-state index in [1.54, 1.807) is 18.2 Å². The molecule has 0 spiro atoms. The minimum atomic E-state index is -4.28. The van der Waals surface area contributed by atoms with E-state index in [1.807, 2.05) is 6.07 Å². The van der Waals surface area contributed by atoms with Crippen LogP contribution in [-0.2, 0) is 10.3 Å². The molecule has 0 unspecified atom stereocenters. The number of halogens is 1. The van der Waals surface area contributed by atoms with Crippen LogP contribution < -0.4 is 4.74 Å². The van der Waals surface area contributed by atoms with Gasteiger partial charge in [-0.1, -0.05) is 22.0 Å². The van der Waals surface area contributed by atoms with Gasteiger partial charge in [0, 0.05) is 18.1 Å². The zero-order valence-electron chi connectivity index (χ0n) is 9.65. The van der Waals surface area contributed by atoms with Crippen molar-refractivity contribution >= 4 is 26.2 Å². The zero-order chi connectivity index (χ0) is 13.8. The smallest absolute Gasteiger partial charge is 0.335 e. The topological polar surface area (TPSA) is 87.1 Å². The summed E-state index contributed by atoms with van der Waals surface area (Å²) in [6, 6.07) is 7.04. The quantitative estimate of drug-likeness (QED) is 0.752. The van der Waals surface area contributed by atoms with Gasteiger partial charge in [0.05, 0.1) is 0 Å². The summed E-state index contributed by atoms with van der Waals surface area (Å²) in [5, 5.41) is 9.56. The minimum Gasteiger partial charge on any atom is -0.491 e. The van der Waals surface area contributed by atoms with E-state index in [0.717, 1.165) is 11.5 Å². The number of benzene rings is 1. The number of hydrogen-bond donors (Lipinski definition) is 2. The fourth-order valence-electron chi connectivity index (χ4n) is 1.19. The maximum Gasteiger partial charge on any atom is 0.335 e. The van der Waals surface area contributed by atoms with Crippen molar-refractivity contribution in [1.29, 1.82) is 0 Å². The van der Waals surface area contributed by atoms with Crippen LogP contribution in [0.3, 0.4) is 0 Å². The molecular weight excluding hydrogens is 326 g/mol. The second kappa shape index (κ2) is 6.48. The van der Waals surface area contributed by atoms with Crippen molar-refractivity contribution in [3.8, 4) is 5.75 Å². The number of rotatable bonds is 6. The molecule has 1 aromatic carbocycles. The van der Waals surface area contributed by atoms with Gasteiger partial charge in [-0.15, -0.1) is 0 Å². The number of aliphatic hydroxyl groups is 1. The lowest BCUT2D eigenvalue weighted by atomic mass is 10.3. The first kappa shape index (κ1) is 15.4. The Morgan fingerprint density at radius 3 is 2.72 bits per heavy atom. The second-order valence-corrected chi connectivity index (χ2v) is 6.12. The van der Waals surface area contributed by atoms with Gasteiger partial charge in [-0.3, -0.25) is 4.55 Å². The van der Waals surface area contributed by atoms with Gasteiger partial charge in [0.2, 0.25) is 0 Å². The third-order valence-corrected chi connectivity index (χ3v) is 3.53. The fourth-order valence-corrected chi connectivity index (χ4v) is 1.93. The summed E-state index contributed by atoms with van der Waals surface area (Å²) in [4.78, 5) is 0. The van der Waals surface area contributed by atoms with Gasteiger partial charge in [0.15, 0.2) is 0 Å². The largest absolute Gasteiger partial charge is 0.491 e. The predicted molar refractivity (Wildman–Crippen MR) is 69.8 cm³/mol. The number of aliphatic hydroxyl groups excluding tert-OH is 1. The highest BCUT2D eigenvalue weighted by molar-refractivity contribution is 9.10. The molecule has 0 saturated carbocycles. The molecule has 2 N–H and O–H groups in total. The lowest BCUT2D eigenvalue weighted by molar-refractivity contribution is 0.0918. The summed E-state index contributed by atoms with van der Waals surface area (Å²) in [5.41, 5.74) is 0. The van der Waals surface area contributed by atoms with Gasteiger partial charge >= 0.3 is 10.3 Å². The maximum atomic E-state index is 10.7. The third-order valence-electron chi connectivity index (χ3n) is 2.10. The van der Waals surface area contributed by atoms with E-state index in [2.05, 4.69) is 15.9 Å². The molecule has 0 amide bonds. The molecule has 8 heteroatoms. The van der Waals surface area contributed by atoms with Crippen molar-refractivity contribution in [3.05, 3.63) is 28.7 Å². The molecular formula is C10H14BrNO5S. The zero-order valence-corrected chi connectivity index (χ0v) is 12.1. The van der Waals surface area contributed by atoms with Gasteiger partial charge in [-0.2, -0.15) is 12.7 Å². The number of likely N-dealkylation sites (N-methyl/N-ethyl adjacent to an activating group) is 1. The van der Waals surface area contributed by atoms with E-state index in [0.29, 0.717) is 10.1 Å². The summed E-state index contributed by atoms with van der Waals surface area (Å²) >= 11 is 3.27. The molecule has 0 radical (unpaired) electrons. The van der Waals surface area contributed by atoms with Crippen molar-refractivity contribution in [1.82, 2.24) is 4.31 Å². The Balaban J connectivity index is 2.44. The summed E-state index contributed by atoms with van der Waals surface area (Å²) in [7, 11) is -3.11. The SMILES string of the molecule is CN(C[C@H](O)COc1cccc(Br)c1)S(=O)(=O)O. The van der Waals surface area contributed by atoms with E-state index in [4.69, 9.17) is 9.29 Å². The van der Waals surface area contributed by atoms with Crippen LogP contribution in [0.15, 0.2) is 28.7 Å². The third kappa shape index (κ3) is 5.32. The van der Waals surface area contributed by atoms with Crippen LogP contribution >= 0.6 is 15.9 Å². The van der Waals surface area contributed by atoms with E-state index in [9.17, 15) is 13.5 Å². The van der Waals surface area contributed by atoms with Crippen molar-refractivity contribution < 1.29 is 22.8 Å². The molecule has 0 heterocycles. The highest BCUT2D eigenvalue weighted by atomic mass is 79.9. The van der Waals surface area contributed by atoms with Gasteiger partial charge < -0.3 is 9.84 Å². The molecule has 0 saturated heterocycles. The van der Waals surface area contributed by atoms with Crippen LogP contribution in [0.4, 0.5) is 0 Å². The predicted octanol–water partition coefficient (Wildman–Crippen LogP) is 0.923. The maximum absolute atomic E-state index is 10.7. The van der Waals surface area contributed by atoms with Crippen molar-refractivity contribution in [3.63, 3.8) is 0 Å². The highest BCUT2D eigenvalue weighted by Crippen LogP contribution is 2.17. The molecule has 0 fully saturated rings. The average molecular weight is 340 g/mol. The Bertz CT molecular complexity index is 493. The molecule has 18 heavy (non-hydrogen) atoms. The lowest BCUT2D eigenvalue weighted by Gasteiger charge is -2.17. The first-order chi connectivity index (χ1) is 8.29. The van der Waals surface area contributed by atoms with E-state index >= 15 is 0 Å². The van der Waals surface area contributed by atoms with Gasteiger partial charge in [-0.25, -0.2) is 0 Å². The van der Waals surface area contributed by atoms with Crippen molar-refractivity contribution in [2.75, 3.05) is 20.2 Å². The Labute approximate surface area is 114 Å². The second-order valence-electron chi connectivity index (χ2n) is 3.68. The highest BCUT2D eigenvalue weighted by Gasteiger charge is 2.18. The standard InChI is InChI=1S/C10H14BrNO5S/c1-12(18(14,15)16)6-9(13)7-17-10-4-2-3-8(11)5-10/h2-5,9,13H,6-7H2,1H3,(H,14,15,16)/t9-/m0/s1. The van der Waals surface area contributed by atoms with Crippen LogP contribution in [0.1, 0.15) is 0 Å².